The molecule has 0 saturated heterocycles. The van der Waals surface area contributed by atoms with Crippen molar-refractivity contribution in [1.29, 1.82) is 0 Å². The molecule has 182 valence electrons. The molecule has 0 N–H and O–H groups in total. The number of hydrogen-bond donors (Lipinski definition) is 0. The molecule has 3 saturated carbocycles. The number of rotatable bonds is 6. The fourth-order valence-corrected chi connectivity index (χ4v) is 8.89. The number of alkyl halides is 1. The third-order valence-corrected chi connectivity index (χ3v) is 10.4. The first-order valence-electron chi connectivity index (χ1n) is 13.8. The Morgan fingerprint density at radius 3 is 2.79 bits per heavy atom. The van der Waals surface area contributed by atoms with Gasteiger partial charge in [0.1, 0.15) is 12.2 Å². The molecule has 5 rings (SSSR count). The lowest BCUT2D eigenvalue weighted by molar-refractivity contribution is -0.135. The van der Waals surface area contributed by atoms with Gasteiger partial charge in [0.15, 0.2) is 5.78 Å². The Morgan fingerprint density at radius 1 is 1.18 bits per heavy atom. The van der Waals surface area contributed by atoms with Crippen molar-refractivity contribution < 1.29 is 9.18 Å². The van der Waals surface area contributed by atoms with Crippen LogP contribution in [0.15, 0.2) is 18.3 Å². The molecule has 0 amide bonds. The lowest BCUT2D eigenvalue weighted by atomic mass is 9.49. The zero-order valence-electron chi connectivity index (χ0n) is 21.0. The molecular weight excluding hydrogens is 411 g/mol. The van der Waals surface area contributed by atoms with Crippen molar-refractivity contribution >= 4 is 5.78 Å². The SMILES string of the molecule is C/C=C/[C@H]1CC[C@H]2C3CC[C@H](C(=O)Cn4ncc5c4CCCC5)[C@@]3(C)CCC2[C@@]1(F)CCC. The number of nitrogens with zero attached hydrogens (tertiary/aromatic N) is 2. The number of aryl methyl sites for hydroxylation is 1. The Balaban J connectivity index is 1.35. The van der Waals surface area contributed by atoms with Crippen molar-refractivity contribution in [2.75, 3.05) is 0 Å². The summed E-state index contributed by atoms with van der Waals surface area (Å²) in [6.07, 6.45) is 18.5. The molecule has 3 fully saturated rings. The molecule has 1 aromatic rings. The Hall–Kier alpha value is -1.45. The van der Waals surface area contributed by atoms with Gasteiger partial charge in [0, 0.05) is 17.5 Å². The van der Waals surface area contributed by atoms with Crippen LogP contribution in [0.5, 0.6) is 0 Å². The van der Waals surface area contributed by atoms with E-state index in [1.54, 1.807) is 0 Å². The molecule has 4 aliphatic carbocycles. The standard InChI is InChI=1S/C29H43FN2O/c1-4-8-21-11-12-22-23-13-14-25(28(23,3)17-15-24(22)29(21,30)16-5-2)27(33)19-32-26-10-7-6-9-20(26)18-31-32/h4,8,18,21-25H,5-7,9-17,19H2,1-3H3/b8-4+/t21-,22-,23?,24?,25+,28-,29+/m0/s1. The summed E-state index contributed by atoms with van der Waals surface area (Å²) in [6.45, 7) is 6.96. The molecule has 4 aliphatic rings. The number of ketones is 1. The Kier molecular flexibility index (Phi) is 6.33. The molecule has 2 unspecified atom stereocenters. The fraction of sp³-hybridized carbons (Fsp3) is 0.793. The van der Waals surface area contributed by atoms with Crippen molar-refractivity contribution in [1.82, 2.24) is 9.78 Å². The average molecular weight is 455 g/mol. The second-order valence-corrected chi connectivity index (χ2v) is 11.9. The van der Waals surface area contributed by atoms with E-state index in [1.165, 1.54) is 24.1 Å². The van der Waals surface area contributed by atoms with E-state index in [1.807, 2.05) is 17.8 Å². The van der Waals surface area contributed by atoms with Crippen molar-refractivity contribution in [3.63, 3.8) is 0 Å². The lowest BCUT2D eigenvalue weighted by Crippen LogP contribution is -2.55. The highest BCUT2D eigenvalue weighted by atomic mass is 19.1. The van der Waals surface area contributed by atoms with E-state index in [0.717, 1.165) is 57.8 Å². The number of hydrogen-bond acceptors (Lipinski definition) is 2. The zero-order valence-corrected chi connectivity index (χ0v) is 21.0. The van der Waals surface area contributed by atoms with Gasteiger partial charge in [0.25, 0.3) is 0 Å². The molecule has 0 aromatic carbocycles. The number of halogens is 1. The van der Waals surface area contributed by atoms with Crippen LogP contribution in [0.25, 0.3) is 0 Å². The number of Topliss-reactive ketones (excluding diaryl/α,β-unsaturated/α-hetero) is 1. The quantitative estimate of drug-likeness (QED) is 0.439. The van der Waals surface area contributed by atoms with Crippen LogP contribution in [-0.2, 0) is 24.2 Å². The van der Waals surface area contributed by atoms with E-state index in [4.69, 9.17) is 0 Å². The van der Waals surface area contributed by atoms with Gasteiger partial charge in [-0.25, -0.2) is 4.39 Å². The third kappa shape index (κ3) is 3.74. The largest absolute Gasteiger partial charge is 0.297 e. The first-order chi connectivity index (χ1) is 15.9. The average Bonchev–Trinajstić information content (AvgIpc) is 3.37. The minimum Gasteiger partial charge on any atom is -0.297 e. The number of fused-ring (bicyclic) bond motifs is 4. The van der Waals surface area contributed by atoms with E-state index in [0.29, 0.717) is 30.6 Å². The van der Waals surface area contributed by atoms with Crippen LogP contribution in [0.1, 0.15) is 96.2 Å². The highest BCUT2D eigenvalue weighted by molar-refractivity contribution is 5.82. The lowest BCUT2D eigenvalue weighted by Gasteiger charge is -2.56. The van der Waals surface area contributed by atoms with Crippen LogP contribution in [0.2, 0.25) is 0 Å². The van der Waals surface area contributed by atoms with Crippen molar-refractivity contribution in [2.24, 2.45) is 35.0 Å². The molecule has 4 heteroatoms. The molecule has 0 bridgehead atoms. The van der Waals surface area contributed by atoms with E-state index in [2.05, 4.69) is 31.1 Å². The minimum absolute atomic E-state index is 0.0338. The molecule has 1 aromatic heterocycles. The Labute approximate surface area is 199 Å². The molecule has 0 aliphatic heterocycles. The van der Waals surface area contributed by atoms with Gasteiger partial charge in [-0.2, -0.15) is 5.10 Å². The number of carbonyl (C=O) groups excluding carboxylic acids is 1. The minimum atomic E-state index is -1.07. The topological polar surface area (TPSA) is 34.9 Å². The first kappa shape index (κ1) is 23.3. The van der Waals surface area contributed by atoms with Crippen LogP contribution < -0.4 is 0 Å². The molecule has 0 radical (unpaired) electrons. The number of carbonyl (C=O) groups is 1. The van der Waals surface area contributed by atoms with Gasteiger partial charge >= 0.3 is 0 Å². The second kappa shape index (κ2) is 8.96. The first-order valence-corrected chi connectivity index (χ1v) is 13.8. The van der Waals surface area contributed by atoms with E-state index in [9.17, 15) is 4.79 Å². The maximum absolute atomic E-state index is 16.7. The predicted molar refractivity (Wildman–Crippen MR) is 131 cm³/mol. The second-order valence-electron chi connectivity index (χ2n) is 11.9. The molecule has 1 heterocycles. The monoisotopic (exact) mass is 454 g/mol. The highest BCUT2D eigenvalue weighted by Crippen LogP contribution is 2.65. The van der Waals surface area contributed by atoms with Crippen LogP contribution in [0.4, 0.5) is 4.39 Å². The summed E-state index contributed by atoms with van der Waals surface area (Å²) in [5, 5.41) is 4.61. The van der Waals surface area contributed by atoms with E-state index >= 15 is 4.39 Å². The molecule has 33 heavy (non-hydrogen) atoms. The van der Waals surface area contributed by atoms with Gasteiger partial charge in [-0.1, -0.05) is 32.4 Å². The molecule has 3 nitrogen and oxygen atoms in total. The summed E-state index contributed by atoms with van der Waals surface area (Å²) in [7, 11) is 0. The van der Waals surface area contributed by atoms with Gasteiger partial charge in [-0.3, -0.25) is 9.48 Å². The smallest absolute Gasteiger partial charge is 0.157 e. The van der Waals surface area contributed by atoms with Crippen LogP contribution in [-0.4, -0.2) is 21.2 Å². The number of allylic oxidation sites excluding steroid dienone is 2. The molecule has 7 atom stereocenters. The van der Waals surface area contributed by atoms with Gasteiger partial charge in [0.05, 0.1) is 6.20 Å². The highest BCUT2D eigenvalue weighted by Gasteiger charge is 2.61. The van der Waals surface area contributed by atoms with Crippen molar-refractivity contribution in [2.45, 2.75) is 110 Å². The summed E-state index contributed by atoms with van der Waals surface area (Å²) >= 11 is 0. The summed E-state index contributed by atoms with van der Waals surface area (Å²) in [6, 6.07) is 0. The van der Waals surface area contributed by atoms with Crippen molar-refractivity contribution in [3.05, 3.63) is 29.6 Å². The molecular formula is C29H43FN2O. The summed E-state index contributed by atoms with van der Waals surface area (Å²) in [5.74, 6) is 1.65. The molecule has 0 spiro atoms. The van der Waals surface area contributed by atoms with Gasteiger partial charge in [-0.05, 0) is 106 Å². The fourth-order valence-electron chi connectivity index (χ4n) is 8.89. The summed E-state index contributed by atoms with van der Waals surface area (Å²) in [5.41, 5.74) is 1.61. The summed E-state index contributed by atoms with van der Waals surface area (Å²) < 4.78 is 18.7. The van der Waals surface area contributed by atoms with Gasteiger partial charge in [-0.15, -0.1) is 0 Å². The zero-order chi connectivity index (χ0) is 23.2. The van der Waals surface area contributed by atoms with Gasteiger partial charge < -0.3 is 0 Å². The normalized spacial score (nSPS) is 40.4. The van der Waals surface area contributed by atoms with E-state index < -0.39 is 5.67 Å². The Morgan fingerprint density at radius 2 is 2.00 bits per heavy atom. The number of aromatic nitrogens is 2. The van der Waals surface area contributed by atoms with Crippen LogP contribution >= 0.6 is 0 Å². The van der Waals surface area contributed by atoms with Gasteiger partial charge in [0.2, 0.25) is 0 Å². The maximum atomic E-state index is 16.7. The van der Waals surface area contributed by atoms with E-state index in [-0.39, 0.29) is 23.2 Å². The van der Waals surface area contributed by atoms with Crippen LogP contribution in [0, 0.1) is 35.0 Å². The third-order valence-electron chi connectivity index (χ3n) is 10.4. The predicted octanol–water partition coefficient (Wildman–Crippen LogP) is 6.88. The Bertz CT molecular complexity index is 905. The van der Waals surface area contributed by atoms with Crippen LogP contribution in [0.3, 0.4) is 0 Å². The van der Waals surface area contributed by atoms with Crippen molar-refractivity contribution in [3.8, 4) is 0 Å². The maximum Gasteiger partial charge on any atom is 0.157 e. The summed E-state index contributed by atoms with van der Waals surface area (Å²) in [4.78, 5) is 13.6.